The molecule has 1 aliphatic heterocycles. The van der Waals surface area contributed by atoms with Crippen LogP contribution in [-0.4, -0.2) is 17.6 Å². The third kappa shape index (κ3) is 6.38. The molecule has 7 nitrogen and oxygen atoms in total. The van der Waals surface area contributed by atoms with Crippen molar-refractivity contribution in [2.75, 3.05) is 7.11 Å². The SMILES string of the molecule is COc1cc(C2C(C(=O)OCc3ccccc3)=C(C)N=c3sc(=Cc4c(F)cccc4Cl)c(=O)n32)ccc1OCc1ccccc1. The van der Waals surface area contributed by atoms with Crippen molar-refractivity contribution in [2.24, 2.45) is 4.99 Å². The number of allylic oxidation sites excluding steroid dienone is 1. The number of ether oxygens (including phenoxy) is 3. The Morgan fingerprint density at radius 3 is 2.33 bits per heavy atom. The number of carbonyl (C=O) groups excluding carboxylic acids is 1. The predicted molar refractivity (Wildman–Crippen MR) is 175 cm³/mol. The van der Waals surface area contributed by atoms with Crippen LogP contribution in [0.25, 0.3) is 6.08 Å². The summed E-state index contributed by atoms with van der Waals surface area (Å²) in [5.41, 5.74) is 2.58. The van der Waals surface area contributed by atoms with E-state index in [9.17, 15) is 14.0 Å². The molecule has 4 aromatic carbocycles. The molecule has 46 heavy (non-hydrogen) atoms. The standard InChI is InChI=1S/C36H28ClFN2O5S/c1-22-32(35(42)45-21-24-12-7-4-8-13-24)33(25-16-17-29(30(18-25)43-2)44-20-23-10-5-3-6-11-23)40-34(41)31(46-36(40)39-22)19-26-27(37)14-9-15-28(26)38/h3-19,33H,20-21H2,1-2H3. The molecule has 0 aliphatic carbocycles. The van der Waals surface area contributed by atoms with Crippen molar-refractivity contribution < 1.29 is 23.4 Å². The van der Waals surface area contributed by atoms with E-state index in [1.165, 1.54) is 29.9 Å². The highest BCUT2D eigenvalue weighted by Crippen LogP contribution is 2.36. The van der Waals surface area contributed by atoms with Gasteiger partial charge in [0.05, 0.1) is 34.0 Å². The minimum Gasteiger partial charge on any atom is -0.493 e. The minimum atomic E-state index is -0.921. The van der Waals surface area contributed by atoms with Gasteiger partial charge in [0.25, 0.3) is 5.56 Å². The van der Waals surface area contributed by atoms with Crippen molar-refractivity contribution in [3.8, 4) is 11.5 Å². The highest BCUT2D eigenvalue weighted by molar-refractivity contribution is 7.07. The smallest absolute Gasteiger partial charge is 0.338 e. The van der Waals surface area contributed by atoms with Crippen LogP contribution in [0, 0.1) is 5.82 Å². The summed E-state index contributed by atoms with van der Waals surface area (Å²) in [6.07, 6.45) is 1.41. The largest absolute Gasteiger partial charge is 0.493 e. The van der Waals surface area contributed by atoms with Gasteiger partial charge in [-0.3, -0.25) is 9.36 Å². The molecule has 0 radical (unpaired) electrons. The summed E-state index contributed by atoms with van der Waals surface area (Å²) in [4.78, 5) is 32.8. The lowest BCUT2D eigenvalue weighted by Crippen LogP contribution is -2.40. The molecule has 6 rings (SSSR count). The fourth-order valence-electron chi connectivity index (χ4n) is 5.19. The summed E-state index contributed by atoms with van der Waals surface area (Å²) >= 11 is 7.35. The Hall–Kier alpha value is -4.99. The summed E-state index contributed by atoms with van der Waals surface area (Å²) in [5, 5.41) is 0.166. The molecule has 0 N–H and O–H groups in total. The van der Waals surface area contributed by atoms with E-state index < -0.39 is 23.4 Å². The minimum absolute atomic E-state index is 0.0367. The van der Waals surface area contributed by atoms with Crippen LogP contribution >= 0.6 is 22.9 Å². The molecule has 0 amide bonds. The Morgan fingerprint density at radius 2 is 1.65 bits per heavy atom. The average molecular weight is 655 g/mol. The summed E-state index contributed by atoms with van der Waals surface area (Å²) in [7, 11) is 1.52. The zero-order valence-electron chi connectivity index (χ0n) is 24.9. The van der Waals surface area contributed by atoms with Crippen LogP contribution in [0.5, 0.6) is 11.5 Å². The van der Waals surface area contributed by atoms with E-state index >= 15 is 0 Å². The Balaban J connectivity index is 1.45. The second kappa shape index (κ2) is 13.6. The second-order valence-corrected chi connectivity index (χ2v) is 11.9. The number of hydrogen-bond donors (Lipinski definition) is 0. The van der Waals surface area contributed by atoms with E-state index in [0.717, 1.165) is 22.5 Å². The zero-order valence-corrected chi connectivity index (χ0v) is 26.5. The van der Waals surface area contributed by atoms with Gasteiger partial charge in [-0.1, -0.05) is 95.7 Å². The van der Waals surface area contributed by atoms with E-state index in [4.69, 9.17) is 25.8 Å². The molecule has 1 atom stereocenters. The Bertz CT molecular complexity index is 2110. The molecule has 0 fully saturated rings. The number of aromatic nitrogens is 1. The number of halogens is 2. The van der Waals surface area contributed by atoms with Crippen molar-refractivity contribution in [3.05, 3.63) is 161 Å². The first-order chi connectivity index (χ1) is 22.3. The van der Waals surface area contributed by atoms with Gasteiger partial charge in [-0.25, -0.2) is 14.2 Å². The van der Waals surface area contributed by atoms with Gasteiger partial charge in [-0.2, -0.15) is 0 Å². The van der Waals surface area contributed by atoms with Gasteiger partial charge in [-0.15, -0.1) is 0 Å². The molecule has 0 spiro atoms. The van der Waals surface area contributed by atoms with Crippen LogP contribution in [0.2, 0.25) is 5.02 Å². The first-order valence-corrected chi connectivity index (χ1v) is 15.6. The summed E-state index contributed by atoms with van der Waals surface area (Å²) in [5.74, 6) is -0.275. The molecule has 5 aromatic rings. The highest BCUT2D eigenvalue weighted by Gasteiger charge is 2.34. The van der Waals surface area contributed by atoms with Crippen LogP contribution in [0.1, 0.15) is 35.2 Å². The number of fused-ring (bicyclic) bond motifs is 1. The summed E-state index contributed by atoms with van der Waals surface area (Å²) < 4.78 is 33.8. The highest BCUT2D eigenvalue weighted by atomic mass is 35.5. The number of rotatable bonds is 9. The zero-order chi connectivity index (χ0) is 32.2. The normalized spacial score (nSPS) is 14.4. The lowest BCUT2D eigenvalue weighted by Gasteiger charge is -2.25. The molecule has 2 heterocycles. The number of benzene rings is 4. The van der Waals surface area contributed by atoms with Crippen molar-refractivity contribution >= 4 is 35.0 Å². The first-order valence-electron chi connectivity index (χ1n) is 14.4. The van der Waals surface area contributed by atoms with Crippen molar-refractivity contribution in [2.45, 2.75) is 26.2 Å². The molecular weight excluding hydrogens is 627 g/mol. The third-order valence-corrected chi connectivity index (χ3v) is 8.78. The van der Waals surface area contributed by atoms with Gasteiger partial charge in [0.2, 0.25) is 0 Å². The third-order valence-electron chi connectivity index (χ3n) is 7.47. The van der Waals surface area contributed by atoms with Gasteiger partial charge >= 0.3 is 5.97 Å². The topological polar surface area (TPSA) is 79.1 Å². The predicted octanol–water partition coefficient (Wildman–Crippen LogP) is 6.36. The maximum absolute atomic E-state index is 14.7. The van der Waals surface area contributed by atoms with Gasteiger partial charge in [0, 0.05) is 5.56 Å². The Labute approximate surface area is 273 Å². The fraction of sp³-hybridized carbons (Fsp3) is 0.139. The van der Waals surface area contributed by atoms with E-state index in [-0.39, 0.29) is 27.3 Å². The molecule has 0 saturated heterocycles. The lowest BCUT2D eigenvalue weighted by molar-refractivity contribution is -0.140. The molecule has 232 valence electrons. The van der Waals surface area contributed by atoms with Crippen LogP contribution < -0.4 is 24.4 Å². The molecule has 1 unspecified atom stereocenters. The van der Waals surface area contributed by atoms with E-state index in [1.807, 2.05) is 60.7 Å². The molecule has 0 bridgehead atoms. The monoisotopic (exact) mass is 654 g/mol. The number of esters is 1. The quantitative estimate of drug-likeness (QED) is 0.173. The molecule has 0 saturated carbocycles. The van der Waals surface area contributed by atoms with E-state index in [2.05, 4.69) is 4.99 Å². The number of hydrogen-bond acceptors (Lipinski definition) is 7. The molecule has 1 aromatic heterocycles. The second-order valence-electron chi connectivity index (χ2n) is 10.5. The van der Waals surface area contributed by atoms with Gasteiger partial charge in [-0.05, 0) is 54.0 Å². The van der Waals surface area contributed by atoms with Crippen LogP contribution in [-0.2, 0) is 22.7 Å². The lowest BCUT2D eigenvalue weighted by atomic mass is 9.95. The van der Waals surface area contributed by atoms with Crippen molar-refractivity contribution in [1.29, 1.82) is 0 Å². The Kier molecular flexibility index (Phi) is 9.14. The van der Waals surface area contributed by atoms with E-state index in [1.54, 1.807) is 31.2 Å². The van der Waals surface area contributed by atoms with Gasteiger partial charge in [0.1, 0.15) is 19.0 Å². The van der Waals surface area contributed by atoms with Gasteiger partial charge in [0.15, 0.2) is 16.3 Å². The number of methoxy groups -OCH3 is 1. The Morgan fingerprint density at radius 1 is 0.957 bits per heavy atom. The van der Waals surface area contributed by atoms with Crippen LogP contribution in [0.15, 0.2) is 118 Å². The number of thiazole rings is 1. The fourth-order valence-corrected chi connectivity index (χ4v) is 6.43. The first kappa shape index (κ1) is 31.0. The molecular formula is C36H28ClFN2O5S. The number of carbonyl (C=O) groups is 1. The average Bonchev–Trinajstić information content (AvgIpc) is 3.38. The summed E-state index contributed by atoms with van der Waals surface area (Å²) in [6.45, 7) is 2.06. The van der Waals surface area contributed by atoms with Gasteiger partial charge < -0.3 is 14.2 Å². The van der Waals surface area contributed by atoms with E-state index in [0.29, 0.717) is 34.2 Å². The van der Waals surface area contributed by atoms with Crippen LogP contribution in [0.3, 0.4) is 0 Å². The molecule has 1 aliphatic rings. The van der Waals surface area contributed by atoms with Crippen LogP contribution in [0.4, 0.5) is 4.39 Å². The van der Waals surface area contributed by atoms with Crippen molar-refractivity contribution in [3.63, 3.8) is 0 Å². The summed E-state index contributed by atoms with van der Waals surface area (Å²) in [6, 6.07) is 27.7. The maximum atomic E-state index is 14.7. The van der Waals surface area contributed by atoms with Crippen molar-refractivity contribution in [1.82, 2.24) is 4.57 Å². The maximum Gasteiger partial charge on any atom is 0.338 e. The molecule has 10 heteroatoms. The number of nitrogens with zero attached hydrogens (tertiary/aromatic N) is 2.